The SMILES string of the molecule is O=C(O)CCn1cc2ccc(C(=O)O)cc2c1. The van der Waals surface area contributed by atoms with Crippen molar-refractivity contribution in [1.82, 2.24) is 4.57 Å². The topological polar surface area (TPSA) is 79.5 Å². The molecule has 2 aromatic rings. The third-order valence-corrected chi connectivity index (χ3v) is 2.53. The molecule has 2 N–H and O–H groups in total. The molecule has 5 heteroatoms. The summed E-state index contributed by atoms with van der Waals surface area (Å²) in [5.74, 6) is -1.82. The van der Waals surface area contributed by atoms with Crippen LogP contribution in [-0.4, -0.2) is 26.7 Å². The fraction of sp³-hybridized carbons (Fsp3) is 0.167. The molecular weight excluding hydrogens is 222 g/mol. The minimum absolute atomic E-state index is 0.0484. The van der Waals surface area contributed by atoms with E-state index in [1.165, 1.54) is 6.07 Å². The number of carboxylic acids is 2. The second-order valence-electron chi connectivity index (χ2n) is 3.79. The number of hydrogen-bond acceptors (Lipinski definition) is 2. The first-order valence-electron chi connectivity index (χ1n) is 5.11. The smallest absolute Gasteiger partial charge is 0.335 e. The van der Waals surface area contributed by atoms with Crippen molar-refractivity contribution in [2.24, 2.45) is 0 Å². The van der Waals surface area contributed by atoms with E-state index in [0.717, 1.165) is 10.8 Å². The predicted molar refractivity (Wildman–Crippen MR) is 61.2 cm³/mol. The molecule has 88 valence electrons. The van der Waals surface area contributed by atoms with Gasteiger partial charge in [0.15, 0.2) is 0 Å². The molecule has 1 aromatic carbocycles. The van der Waals surface area contributed by atoms with Crippen LogP contribution in [-0.2, 0) is 11.3 Å². The molecule has 0 aliphatic heterocycles. The summed E-state index contributed by atoms with van der Waals surface area (Å²) in [6, 6.07) is 4.83. The van der Waals surface area contributed by atoms with Crippen molar-refractivity contribution < 1.29 is 19.8 Å². The first-order valence-corrected chi connectivity index (χ1v) is 5.11. The summed E-state index contributed by atoms with van der Waals surface area (Å²) in [5.41, 5.74) is 0.230. The molecule has 1 aromatic heterocycles. The number of aryl methyl sites for hydroxylation is 1. The first-order chi connectivity index (χ1) is 8.06. The third kappa shape index (κ3) is 2.44. The number of aliphatic carboxylic acids is 1. The van der Waals surface area contributed by atoms with Crippen LogP contribution in [0.15, 0.2) is 30.6 Å². The van der Waals surface area contributed by atoms with Gasteiger partial charge in [-0.25, -0.2) is 4.79 Å². The van der Waals surface area contributed by atoms with Crippen LogP contribution < -0.4 is 0 Å². The van der Waals surface area contributed by atoms with E-state index < -0.39 is 11.9 Å². The Bertz CT molecular complexity index is 585. The Hall–Kier alpha value is -2.30. The number of rotatable bonds is 4. The van der Waals surface area contributed by atoms with Crippen molar-refractivity contribution >= 4 is 22.7 Å². The van der Waals surface area contributed by atoms with E-state index in [1.54, 1.807) is 22.9 Å². The Morgan fingerprint density at radius 1 is 1.12 bits per heavy atom. The lowest BCUT2D eigenvalue weighted by Crippen LogP contribution is -2.01. The van der Waals surface area contributed by atoms with E-state index in [2.05, 4.69) is 0 Å². The van der Waals surface area contributed by atoms with Crippen LogP contribution in [0.25, 0.3) is 10.8 Å². The second kappa shape index (κ2) is 4.29. The molecule has 0 unspecified atom stereocenters. The van der Waals surface area contributed by atoms with Gasteiger partial charge < -0.3 is 14.8 Å². The van der Waals surface area contributed by atoms with Gasteiger partial charge in [0, 0.05) is 24.3 Å². The molecule has 5 nitrogen and oxygen atoms in total. The van der Waals surface area contributed by atoms with Gasteiger partial charge in [-0.3, -0.25) is 4.79 Å². The molecule has 0 saturated heterocycles. The molecule has 0 atom stereocenters. The highest BCUT2D eigenvalue weighted by atomic mass is 16.4. The average Bonchev–Trinajstić information content (AvgIpc) is 2.67. The predicted octanol–water partition coefficient (Wildman–Crippen LogP) is 1.81. The lowest BCUT2D eigenvalue weighted by atomic mass is 10.1. The maximum absolute atomic E-state index is 10.8. The van der Waals surface area contributed by atoms with Crippen molar-refractivity contribution in [3.8, 4) is 0 Å². The van der Waals surface area contributed by atoms with Gasteiger partial charge in [-0.2, -0.15) is 0 Å². The number of benzene rings is 1. The first kappa shape index (κ1) is 11.2. The summed E-state index contributed by atoms with van der Waals surface area (Å²) in [4.78, 5) is 21.2. The number of nitrogens with zero attached hydrogens (tertiary/aromatic N) is 1. The third-order valence-electron chi connectivity index (χ3n) is 2.53. The van der Waals surface area contributed by atoms with Gasteiger partial charge in [0.2, 0.25) is 0 Å². The number of hydrogen-bond donors (Lipinski definition) is 2. The Morgan fingerprint density at radius 3 is 2.47 bits per heavy atom. The van der Waals surface area contributed by atoms with Crippen molar-refractivity contribution in [3.05, 3.63) is 36.2 Å². The Morgan fingerprint density at radius 2 is 1.82 bits per heavy atom. The fourth-order valence-corrected chi connectivity index (χ4v) is 1.69. The molecule has 0 amide bonds. The van der Waals surface area contributed by atoms with Gasteiger partial charge in [0.25, 0.3) is 0 Å². The number of aromatic carboxylic acids is 1. The summed E-state index contributed by atoms with van der Waals surface area (Å²) >= 11 is 0. The highest BCUT2D eigenvalue weighted by Crippen LogP contribution is 2.17. The van der Waals surface area contributed by atoms with E-state index in [4.69, 9.17) is 10.2 Å². The van der Waals surface area contributed by atoms with Gasteiger partial charge in [0.05, 0.1) is 12.0 Å². The molecular formula is C12H11NO4. The van der Waals surface area contributed by atoms with E-state index >= 15 is 0 Å². The van der Waals surface area contributed by atoms with Crippen LogP contribution in [0.5, 0.6) is 0 Å². The summed E-state index contributed by atoms with van der Waals surface area (Å²) in [6.45, 7) is 0.381. The van der Waals surface area contributed by atoms with Crippen molar-refractivity contribution in [1.29, 1.82) is 0 Å². The van der Waals surface area contributed by atoms with Crippen molar-refractivity contribution in [3.63, 3.8) is 0 Å². The monoisotopic (exact) mass is 233 g/mol. The highest BCUT2D eigenvalue weighted by Gasteiger charge is 2.06. The Kier molecular flexibility index (Phi) is 2.82. The average molecular weight is 233 g/mol. The number of carbonyl (C=O) groups is 2. The number of fused-ring (bicyclic) bond motifs is 1. The molecule has 0 aliphatic carbocycles. The molecule has 0 fully saturated rings. The van der Waals surface area contributed by atoms with Crippen LogP contribution >= 0.6 is 0 Å². The van der Waals surface area contributed by atoms with E-state index in [-0.39, 0.29) is 12.0 Å². The molecule has 0 spiro atoms. The molecule has 2 rings (SSSR count). The number of aromatic nitrogens is 1. The van der Waals surface area contributed by atoms with Gasteiger partial charge >= 0.3 is 11.9 Å². The Balaban J connectivity index is 2.30. The van der Waals surface area contributed by atoms with Gasteiger partial charge in [-0.05, 0) is 17.5 Å². The summed E-state index contributed by atoms with van der Waals surface area (Å²) in [5, 5.41) is 19.1. The lowest BCUT2D eigenvalue weighted by Gasteiger charge is -1.97. The number of carboxylic acid groups (broad SMARTS) is 2. The minimum Gasteiger partial charge on any atom is -0.481 e. The largest absolute Gasteiger partial charge is 0.481 e. The van der Waals surface area contributed by atoms with Crippen LogP contribution in [0.4, 0.5) is 0 Å². The molecule has 0 bridgehead atoms. The quantitative estimate of drug-likeness (QED) is 0.844. The standard InChI is InChI=1S/C12H11NO4/c14-11(15)3-4-13-6-9-2-1-8(12(16)17)5-10(9)7-13/h1-2,5-7H,3-4H2,(H,14,15)(H,16,17). The summed E-state index contributed by atoms with van der Waals surface area (Å²) < 4.78 is 1.75. The fourth-order valence-electron chi connectivity index (χ4n) is 1.69. The highest BCUT2D eigenvalue weighted by molar-refractivity contribution is 5.94. The minimum atomic E-state index is -0.967. The maximum atomic E-state index is 10.8. The van der Waals surface area contributed by atoms with Crippen LogP contribution in [0.3, 0.4) is 0 Å². The molecule has 1 heterocycles. The van der Waals surface area contributed by atoms with Crippen LogP contribution in [0.2, 0.25) is 0 Å². The molecule has 17 heavy (non-hydrogen) atoms. The maximum Gasteiger partial charge on any atom is 0.335 e. The zero-order chi connectivity index (χ0) is 12.4. The molecule has 0 aliphatic rings. The Labute approximate surface area is 96.9 Å². The van der Waals surface area contributed by atoms with E-state index in [1.807, 2.05) is 6.20 Å². The van der Waals surface area contributed by atoms with E-state index in [0.29, 0.717) is 6.54 Å². The van der Waals surface area contributed by atoms with Gasteiger partial charge in [-0.15, -0.1) is 0 Å². The van der Waals surface area contributed by atoms with Crippen molar-refractivity contribution in [2.75, 3.05) is 0 Å². The molecule has 0 radical (unpaired) electrons. The van der Waals surface area contributed by atoms with E-state index in [9.17, 15) is 9.59 Å². The van der Waals surface area contributed by atoms with Gasteiger partial charge in [0.1, 0.15) is 0 Å². The summed E-state index contributed by atoms with van der Waals surface area (Å²) in [7, 11) is 0. The lowest BCUT2D eigenvalue weighted by molar-refractivity contribution is -0.137. The van der Waals surface area contributed by atoms with Crippen LogP contribution in [0.1, 0.15) is 16.8 Å². The summed E-state index contributed by atoms with van der Waals surface area (Å²) in [6.07, 6.45) is 3.61. The van der Waals surface area contributed by atoms with Crippen molar-refractivity contribution in [2.45, 2.75) is 13.0 Å². The second-order valence-corrected chi connectivity index (χ2v) is 3.79. The molecule has 0 saturated carbocycles. The van der Waals surface area contributed by atoms with Gasteiger partial charge in [-0.1, -0.05) is 6.07 Å². The zero-order valence-electron chi connectivity index (χ0n) is 8.96. The normalized spacial score (nSPS) is 10.6. The van der Waals surface area contributed by atoms with Crippen LogP contribution in [0, 0.1) is 0 Å². The zero-order valence-corrected chi connectivity index (χ0v) is 8.96.